The predicted octanol–water partition coefficient (Wildman–Crippen LogP) is 1.71. The van der Waals surface area contributed by atoms with Crippen LogP contribution in [0.3, 0.4) is 0 Å². The molecular weight excluding hydrogens is 207 g/mol. The molecule has 0 atom stereocenters. The number of benzene rings is 1. The molecule has 3 N–H and O–H groups in total. The molecule has 0 amide bonds. The van der Waals surface area contributed by atoms with Crippen molar-refractivity contribution in [1.82, 2.24) is 9.97 Å². The summed E-state index contributed by atoms with van der Waals surface area (Å²) in [5.41, 5.74) is 3.21. The van der Waals surface area contributed by atoms with Gasteiger partial charge in [-0.05, 0) is 12.1 Å². The van der Waals surface area contributed by atoms with Crippen LogP contribution in [-0.2, 0) is 0 Å². The van der Waals surface area contributed by atoms with Crippen LogP contribution in [0, 0.1) is 5.82 Å². The second-order valence-electron chi connectivity index (χ2n) is 2.64. The van der Waals surface area contributed by atoms with Crippen molar-refractivity contribution in [3.63, 3.8) is 0 Å². The molecule has 0 aliphatic heterocycles. The zero-order valence-corrected chi connectivity index (χ0v) is 7.72. The minimum Gasteiger partial charge on any atom is -0.306 e. The molecule has 0 bridgehead atoms. The van der Waals surface area contributed by atoms with Crippen LogP contribution >= 0.6 is 11.6 Å². The lowest BCUT2D eigenvalue weighted by molar-refractivity contribution is 0.629. The topological polar surface area (TPSA) is 63.8 Å². The van der Waals surface area contributed by atoms with Crippen molar-refractivity contribution in [2.24, 2.45) is 5.84 Å². The van der Waals surface area contributed by atoms with Gasteiger partial charge in [0.1, 0.15) is 5.82 Å². The number of hydrogen-bond acceptors (Lipinski definition) is 4. The van der Waals surface area contributed by atoms with Crippen molar-refractivity contribution in [3.05, 3.63) is 29.2 Å². The lowest BCUT2D eigenvalue weighted by Gasteiger charge is -2.03. The van der Waals surface area contributed by atoms with E-state index in [4.69, 9.17) is 17.4 Å². The maximum absolute atomic E-state index is 12.8. The fourth-order valence-electron chi connectivity index (χ4n) is 1.10. The molecule has 72 valence electrons. The maximum Gasteiger partial charge on any atom is 0.178 e. The van der Waals surface area contributed by atoms with Crippen LogP contribution in [-0.4, -0.2) is 9.97 Å². The third-order valence-corrected chi connectivity index (χ3v) is 1.98. The molecule has 1 aromatic heterocycles. The van der Waals surface area contributed by atoms with Crippen molar-refractivity contribution < 1.29 is 4.39 Å². The molecule has 0 unspecified atom stereocenters. The van der Waals surface area contributed by atoms with Gasteiger partial charge in [-0.25, -0.2) is 20.2 Å². The summed E-state index contributed by atoms with van der Waals surface area (Å²) in [7, 11) is 0. The van der Waals surface area contributed by atoms with E-state index in [2.05, 4.69) is 15.4 Å². The van der Waals surface area contributed by atoms with E-state index in [1.165, 1.54) is 18.2 Å². The molecule has 0 fully saturated rings. The number of nitrogens with one attached hydrogen (secondary N) is 1. The summed E-state index contributed by atoms with van der Waals surface area (Å²) in [5, 5.41) is 0.159. The summed E-state index contributed by atoms with van der Waals surface area (Å²) in [5.74, 6) is 5.00. The number of nitrogen functional groups attached to an aromatic ring is 1. The Morgan fingerprint density at radius 3 is 2.79 bits per heavy atom. The van der Waals surface area contributed by atoms with Crippen LogP contribution in [0.1, 0.15) is 0 Å². The van der Waals surface area contributed by atoms with Gasteiger partial charge in [-0.2, -0.15) is 0 Å². The summed E-state index contributed by atoms with van der Waals surface area (Å²) in [4.78, 5) is 7.96. The average Bonchev–Trinajstić information content (AvgIpc) is 2.17. The van der Waals surface area contributed by atoms with E-state index in [0.717, 1.165) is 0 Å². The van der Waals surface area contributed by atoms with Crippen LogP contribution in [0.25, 0.3) is 11.0 Å². The Morgan fingerprint density at radius 1 is 1.29 bits per heavy atom. The van der Waals surface area contributed by atoms with E-state index in [9.17, 15) is 4.39 Å². The fraction of sp³-hybridized carbons (Fsp3) is 0. The number of nitrogens with zero attached hydrogens (tertiary/aromatic N) is 2. The molecule has 0 aliphatic rings. The molecule has 2 rings (SSSR count). The quantitative estimate of drug-likeness (QED) is 0.558. The monoisotopic (exact) mass is 212 g/mol. The largest absolute Gasteiger partial charge is 0.306 e. The number of aromatic nitrogens is 2. The number of hydrazine groups is 1. The first-order chi connectivity index (χ1) is 6.70. The standard InChI is InChI=1S/C8H6ClFN4/c9-7-8(14-11)13-6-3-4(10)1-2-5(6)12-7/h1-3H,11H2,(H,13,14). The second-order valence-corrected chi connectivity index (χ2v) is 3.00. The van der Waals surface area contributed by atoms with Crippen molar-refractivity contribution in [1.29, 1.82) is 0 Å². The molecule has 6 heteroatoms. The Kier molecular flexibility index (Phi) is 2.18. The predicted molar refractivity (Wildman–Crippen MR) is 52.3 cm³/mol. The van der Waals surface area contributed by atoms with Gasteiger partial charge < -0.3 is 5.43 Å². The Hall–Kier alpha value is -1.46. The van der Waals surface area contributed by atoms with Crippen LogP contribution in [0.5, 0.6) is 0 Å². The van der Waals surface area contributed by atoms with Gasteiger partial charge in [0, 0.05) is 6.07 Å². The number of nitrogens with two attached hydrogens (primary N) is 1. The van der Waals surface area contributed by atoms with Crippen LogP contribution < -0.4 is 11.3 Å². The van der Waals surface area contributed by atoms with Gasteiger partial charge in [0.15, 0.2) is 11.0 Å². The van der Waals surface area contributed by atoms with Crippen molar-refractivity contribution in [2.45, 2.75) is 0 Å². The van der Waals surface area contributed by atoms with Crippen molar-refractivity contribution in [2.75, 3.05) is 5.43 Å². The molecule has 1 aromatic carbocycles. The first-order valence-corrected chi connectivity index (χ1v) is 4.18. The molecule has 4 nitrogen and oxygen atoms in total. The zero-order valence-electron chi connectivity index (χ0n) is 6.96. The second kappa shape index (κ2) is 3.36. The first kappa shape index (κ1) is 9.11. The van der Waals surface area contributed by atoms with Gasteiger partial charge >= 0.3 is 0 Å². The lowest BCUT2D eigenvalue weighted by atomic mass is 10.3. The van der Waals surface area contributed by atoms with E-state index < -0.39 is 0 Å². The zero-order chi connectivity index (χ0) is 10.1. The van der Waals surface area contributed by atoms with Gasteiger partial charge in [-0.15, -0.1) is 0 Å². The van der Waals surface area contributed by atoms with Crippen LogP contribution in [0.4, 0.5) is 10.2 Å². The van der Waals surface area contributed by atoms with Crippen LogP contribution in [0.2, 0.25) is 5.15 Å². The van der Waals surface area contributed by atoms with Gasteiger partial charge in [-0.3, -0.25) is 0 Å². The highest BCUT2D eigenvalue weighted by molar-refractivity contribution is 6.32. The van der Waals surface area contributed by atoms with Gasteiger partial charge in [-0.1, -0.05) is 11.6 Å². The lowest BCUT2D eigenvalue weighted by Crippen LogP contribution is -2.09. The highest BCUT2D eigenvalue weighted by Crippen LogP contribution is 2.20. The summed E-state index contributed by atoms with van der Waals surface area (Å²) in [6, 6.07) is 4.06. The van der Waals surface area contributed by atoms with E-state index in [-0.39, 0.29) is 16.8 Å². The van der Waals surface area contributed by atoms with Gasteiger partial charge in [0.05, 0.1) is 11.0 Å². The molecule has 1 heterocycles. The van der Waals surface area contributed by atoms with E-state index in [0.29, 0.717) is 11.0 Å². The third-order valence-electron chi connectivity index (χ3n) is 1.72. The van der Waals surface area contributed by atoms with Crippen LogP contribution in [0.15, 0.2) is 18.2 Å². The number of fused-ring (bicyclic) bond motifs is 1. The van der Waals surface area contributed by atoms with Gasteiger partial charge in [0.25, 0.3) is 0 Å². The average molecular weight is 213 g/mol. The molecule has 2 aromatic rings. The highest BCUT2D eigenvalue weighted by atomic mass is 35.5. The van der Waals surface area contributed by atoms with Crippen molar-refractivity contribution >= 4 is 28.5 Å². The SMILES string of the molecule is NNc1nc2cc(F)ccc2nc1Cl. The number of anilines is 1. The first-order valence-electron chi connectivity index (χ1n) is 3.80. The molecule has 0 radical (unpaired) electrons. The highest BCUT2D eigenvalue weighted by Gasteiger charge is 2.05. The van der Waals surface area contributed by atoms with E-state index >= 15 is 0 Å². The number of halogens is 2. The number of hydrogen-bond donors (Lipinski definition) is 2. The fourth-order valence-corrected chi connectivity index (χ4v) is 1.29. The minimum atomic E-state index is -0.378. The third kappa shape index (κ3) is 1.47. The Balaban J connectivity index is 2.73. The Bertz CT molecular complexity index is 488. The normalized spacial score (nSPS) is 10.5. The Labute approximate surface area is 83.9 Å². The molecule has 14 heavy (non-hydrogen) atoms. The smallest absolute Gasteiger partial charge is 0.178 e. The maximum atomic E-state index is 12.8. The molecule has 0 saturated heterocycles. The molecular formula is C8H6ClFN4. The van der Waals surface area contributed by atoms with E-state index in [1.807, 2.05) is 0 Å². The summed E-state index contributed by atoms with van der Waals surface area (Å²) in [6.45, 7) is 0. The van der Waals surface area contributed by atoms with Crippen molar-refractivity contribution in [3.8, 4) is 0 Å². The number of rotatable bonds is 1. The molecule has 0 aliphatic carbocycles. The molecule has 0 saturated carbocycles. The summed E-state index contributed by atoms with van der Waals surface area (Å²) < 4.78 is 12.8. The summed E-state index contributed by atoms with van der Waals surface area (Å²) in [6.07, 6.45) is 0. The summed E-state index contributed by atoms with van der Waals surface area (Å²) >= 11 is 5.73. The van der Waals surface area contributed by atoms with E-state index in [1.54, 1.807) is 0 Å². The van der Waals surface area contributed by atoms with Gasteiger partial charge in [0.2, 0.25) is 0 Å². The molecule has 0 spiro atoms. The Morgan fingerprint density at radius 2 is 2.07 bits per heavy atom. The minimum absolute atomic E-state index is 0.159.